The summed E-state index contributed by atoms with van der Waals surface area (Å²) in [6.07, 6.45) is 5.36. The van der Waals surface area contributed by atoms with Gasteiger partial charge in [-0.15, -0.1) is 11.3 Å². The Morgan fingerprint density at radius 3 is 2.58 bits per heavy atom. The summed E-state index contributed by atoms with van der Waals surface area (Å²) in [5, 5.41) is 0.607. The summed E-state index contributed by atoms with van der Waals surface area (Å²) in [7, 11) is 1.65. The molecule has 0 bridgehead atoms. The van der Waals surface area contributed by atoms with Gasteiger partial charge in [-0.1, -0.05) is 0 Å². The first-order chi connectivity index (χ1) is 11.6. The molecule has 0 unspecified atom stereocenters. The van der Waals surface area contributed by atoms with Crippen molar-refractivity contribution in [1.29, 1.82) is 0 Å². The maximum Gasteiger partial charge on any atom is 0.266 e. The van der Waals surface area contributed by atoms with E-state index in [0.29, 0.717) is 21.4 Å². The molecule has 2 amide bonds. The molecular formula is C16H19N5O2S. The van der Waals surface area contributed by atoms with Gasteiger partial charge in [0, 0.05) is 32.5 Å². The second kappa shape index (κ2) is 7.04. The van der Waals surface area contributed by atoms with E-state index < -0.39 is 0 Å². The topological polar surface area (TPSA) is 79.3 Å². The number of amides is 2. The third-order valence-corrected chi connectivity index (χ3v) is 5.07. The predicted molar refractivity (Wildman–Crippen MR) is 90.7 cm³/mol. The zero-order valence-electron chi connectivity index (χ0n) is 13.7. The van der Waals surface area contributed by atoms with E-state index in [2.05, 4.69) is 15.0 Å². The van der Waals surface area contributed by atoms with Crippen molar-refractivity contribution < 1.29 is 9.59 Å². The van der Waals surface area contributed by atoms with E-state index in [9.17, 15) is 9.59 Å². The molecule has 2 aromatic rings. The number of thiazole rings is 1. The minimum atomic E-state index is -0.195. The first-order valence-corrected chi connectivity index (χ1v) is 8.66. The molecule has 1 fully saturated rings. The van der Waals surface area contributed by atoms with Crippen molar-refractivity contribution in [2.24, 2.45) is 0 Å². The van der Waals surface area contributed by atoms with Gasteiger partial charge in [-0.2, -0.15) is 0 Å². The van der Waals surface area contributed by atoms with E-state index in [-0.39, 0.29) is 18.4 Å². The van der Waals surface area contributed by atoms with E-state index in [1.165, 1.54) is 16.2 Å². The predicted octanol–water partition coefficient (Wildman–Crippen LogP) is 1.60. The quantitative estimate of drug-likeness (QED) is 0.841. The molecule has 8 heteroatoms. The summed E-state index contributed by atoms with van der Waals surface area (Å²) in [5.41, 5.74) is 0.632. The molecule has 0 N–H and O–H groups in total. The van der Waals surface area contributed by atoms with Crippen LogP contribution in [0.5, 0.6) is 0 Å². The van der Waals surface area contributed by atoms with Crippen LogP contribution in [0.2, 0.25) is 0 Å². The molecule has 0 spiro atoms. The minimum absolute atomic E-state index is 0.00265. The van der Waals surface area contributed by atoms with E-state index in [1.54, 1.807) is 32.4 Å². The minimum Gasteiger partial charge on any atom is -0.341 e. The Balaban J connectivity index is 1.72. The average molecular weight is 345 g/mol. The Kier molecular flexibility index (Phi) is 4.84. The average Bonchev–Trinajstić information content (AvgIpc) is 3.24. The summed E-state index contributed by atoms with van der Waals surface area (Å²) >= 11 is 1.26. The van der Waals surface area contributed by atoms with E-state index in [1.807, 2.05) is 4.90 Å². The molecule has 2 aromatic heterocycles. The molecule has 0 atom stereocenters. The third-order valence-electron chi connectivity index (χ3n) is 3.93. The van der Waals surface area contributed by atoms with Gasteiger partial charge in [-0.3, -0.25) is 9.59 Å². The molecule has 24 heavy (non-hydrogen) atoms. The summed E-state index contributed by atoms with van der Waals surface area (Å²) in [6.45, 7) is 3.45. The lowest BCUT2D eigenvalue weighted by molar-refractivity contribution is -0.130. The number of hydrogen-bond acceptors (Lipinski definition) is 6. The van der Waals surface area contributed by atoms with Gasteiger partial charge in [0.1, 0.15) is 4.88 Å². The Morgan fingerprint density at radius 1 is 1.25 bits per heavy atom. The van der Waals surface area contributed by atoms with Crippen LogP contribution in [0.4, 0.5) is 0 Å². The molecule has 0 aliphatic carbocycles. The van der Waals surface area contributed by atoms with Crippen LogP contribution < -0.4 is 0 Å². The van der Waals surface area contributed by atoms with Crippen molar-refractivity contribution in [3.8, 4) is 10.8 Å². The molecule has 7 nitrogen and oxygen atoms in total. The van der Waals surface area contributed by atoms with Crippen LogP contribution >= 0.6 is 11.3 Å². The molecule has 126 valence electrons. The van der Waals surface area contributed by atoms with Gasteiger partial charge < -0.3 is 9.80 Å². The Morgan fingerprint density at radius 2 is 1.92 bits per heavy atom. The molecule has 1 saturated heterocycles. The fourth-order valence-corrected chi connectivity index (χ4v) is 3.62. The molecule has 1 aliphatic heterocycles. The van der Waals surface area contributed by atoms with Crippen LogP contribution in [-0.4, -0.2) is 63.2 Å². The summed E-state index contributed by atoms with van der Waals surface area (Å²) in [6, 6.07) is 1.73. The first-order valence-electron chi connectivity index (χ1n) is 7.84. The van der Waals surface area contributed by atoms with Gasteiger partial charge in [0.15, 0.2) is 10.8 Å². The number of nitrogens with zero attached hydrogens (tertiary/aromatic N) is 5. The molecule has 0 radical (unpaired) electrons. The molecule has 1 aliphatic rings. The SMILES string of the molecule is Cc1nc(-c2ncccn2)sc1C(=O)N(C)CC(=O)N1CCCC1. The van der Waals surface area contributed by atoms with Crippen LogP contribution in [-0.2, 0) is 4.79 Å². The number of likely N-dealkylation sites (N-methyl/N-ethyl adjacent to an activating group) is 1. The molecule has 3 heterocycles. The van der Waals surface area contributed by atoms with E-state index >= 15 is 0 Å². The van der Waals surface area contributed by atoms with Gasteiger partial charge in [0.05, 0.1) is 12.2 Å². The zero-order valence-corrected chi connectivity index (χ0v) is 14.5. The van der Waals surface area contributed by atoms with Crippen LogP contribution in [0.25, 0.3) is 10.8 Å². The molecule has 0 aromatic carbocycles. The summed E-state index contributed by atoms with van der Waals surface area (Å²) in [5.74, 6) is 0.303. The maximum atomic E-state index is 12.6. The number of rotatable bonds is 4. The van der Waals surface area contributed by atoms with Crippen molar-refractivity contribution in [3.05, 3.63) is 29.0 Å². The van der Waals surface area contributed by atoms with Gasteiger partial charge >= 0.3 is 0 Å². The number of carbonyl (C=O) groups is 2. The van der Waals surface area contributed by atoms with Crippen LogP contribution in [0, 0.1) is 6.92 Å². The Bertz CT molecular complexity index is 740. The lowest BCUT2D eigenvalue weighted by Crippen LogP contribution is -2.39. The van der Waals surface area contributed by atoms with Gasteiger partial charge in [0.2, 0.25) is 5.91 Å². The molecular weight excluding hydrogens is 326 g/mol. The summed E-state index contributed by atoms with van der Waals surface area (Å²) in [4.78, 5) is 41.3. The van der Waals surface area contributed by atoms with Crippen molar-refractivity contribution in [3.63, 3.8) is 0 Å². The fraction of sp³-hybridized carbons (Fsp3) is 0.438. The lowest BCUT2D eigenvalue weighted by atomic mass is 10.3. The highest BCUT2D eigenvalue weighted by Crippen LogP contribution is 2.26. The number of carbonyl (C=O) groups excluding carboxylic acids is 2. The highest BCUT2D eigenvalue weighted by atomic mass is 32.1. The zero-order chi connectivity index (χ0) is 17.1. The first kappa shape index (κ1) is 16.5. The fourth-order valence-electron chi connectivity index (χ4n) is 2.61. The third kappa shape index (κ3) is 3.43. The van der Waals surface area contributed by atoms with Gasteiger partial charge in [0.25, 0.3) is 5.91 Å². The van der Waals surface area contributed by atoms with Crippen molar-refractivity contribution in [2.75, 3.05) is 26.7 Å². The molecule has 0 saturated carbocycles. The lowest BCUT2D eigenvalue weighted by Gasteiger charge is -2.21. The van der Waals surface area contributed by atoms with E-state index in [4.69, 9.17) is 0 Å². The van der Waals surface area contributed by atoms with Crippen LogP contribution in [0.3, 0.4) is 0 Å². The number of hydrogen-bond donors (Lipinski definition) is 0. The standard InChI is InChI=1S/C16H19N5O2S/c1-11-13(24-15(19-11)14-17-6-5-7-18-14)16(23)20(2)10-12(22)21-8-3-4-9-21/h5-7H,3-4,8-10H2,1-2H3. The Hall–Kier alpha value is -2.35. The largest absolute Gasteiger partial charge is 0.341 e. The Labute approximate surface area is 144 Å². The number of likely N-dealkylation sites (tertiary alicyclic amines) is 1. The maximum absolute atomic E-state index is 12.6. The van der Waals surface area contributed by atoms with Crippen molar-refractivity contribution in [2.45, 2.75) is 19.8 Å². The van der Waals surface area contributed by atoms with Crippen molar-refractivity contribution in [1.82, 2.24) is 24.8 Å². The normalized spacial score (nSPS) is 14.0. The number of aryl methyl sites for hydroxylation is 1. The van der Waals surface area contributed by atoms with Crippen molar-refractivity contribution >= 4 is 23.2 Å². The monoisotopic (exact) mass is 345 g/mol. The number of aromatic nitrogens is 3. The second-order valence-corrected chi connectivity index (χ2v) is 6.75. The van der Waals surface area contributed by atoms with Crippen LogP contribution in [0.15, 0.2) is 18.5 Å². The highest BCUT2D eigenvalue weighted by molar-refractivity contribution is 7.17. The van der Waals surface area contributed by atoms with Gasteiger partial charge in [-0.05, 0) is 25.8 Å². The molecule has 3 rings (SSSR count). The summed E-state index contributed by atoms with van der Waals surface area (Å²) < 4.78 is 0. The van der Waals surface area contributed by atoms with E-state index in [0.717, 1.165) is 25.9 Å². The highest BCUT2D eigenvalue weighted by Gasteiger charge is 2.24. The smallest absolute Gasteiger partial charge is 0.266 e. The second-order valence-electron chi connectivity index (χ2n) is 5.76. The van der Waals surface area contributed by atoms with Crippen LogP contribution in [0.1, 0.15) is 28.2 Å². The van der Waals surface area contributed by atoms with Gasteiger partial charge in [-0.25, -0.2) is 15.0 Å².